The molecule has 2 rings (SSSR count). The van der Waals surface area contributed by atoms with Gasteiger partial charge in [-0.05, 0) is 47.4 Å². The van der Waals surface area contributed by atoms with E-state index in [1.165, 1.54) is 12.1 Å². The van der Waals surface area contributed by atoms with E-state index in [1.807, 2.05) is 12.1 Å². The SMILES string of the molecule is CC(C)(C)c1ccc(C(=O)NC(=O)COC(=O)CNC(=O)c2ccc(Cl)cc2)cc1. The molecule has 0 heterocycles. The molecule has 0 aliphatic heterocycles. The quantitative estimate of drug-likeness (QED) is 0.686. The van der Waals surface area contributed by atoms with E-state index in [-0.39, 0.29) is 5.41 Å². The highest BCUT2D eigenvalue weighted by atomic mass is 35.5. The van der Waals surface area contributed by atoms with Crippen molar-refractivity contribution in [1.82, 2.24) is 10.6 Å². The Morgan fingerprint density at radius 3 is 1.97 bits per heavy atom. The third kappa shape index (κ3) is 7.00. The van der Waals surface area contributed by atoms with E-state index < -0.39 is 36.8 Å². The summed E-state index contributed by atoms with van der Waals surface area (Å²) < 4.78 is 4.77. The summed E-state index contributed by atoms with van der Waals surface area (Å²) in [6.45, 7) is 5.10. The number of ether oxygens (including phenoxy) is 1. The van der Waals surface area contributed by atoms with Gasteiger partial charge in [-0.3, -0.25) is 24.5 Å². The third-order valence-electron chi connectivity index (χ3n) is 4.13. The molecular weight excluding hydrogens is 408 g/mol. The van der Waals surface area contributed by atoms with Crippen LogP contribution >= 0.6 is 11.6 Å². The van der Waals surface area contributed by atoms with Crippen LogP contribution in [0.15, 0.2) is 48.5 Å². The number of hydrogen-bond donors (Lipinski definition) is 2. The van der Waals surface area contributed by atoms with Crippen LogP contribution in [0.3, 0.4) is 0 Å². The number of carbonyl (C=O) groups excluding carboxylic acids is 4. The molecule has 0 aliphatic carbocycles. The van der Waals surface area contributed by atoms with Gasteiger partial charge in [-0.2, -0.15) is 0 Å². The molecule has 3 amide bonds. The number of hydrogen-bond acceptors (Lipinski definition) is 5. The van der Waals surface area contributed by atoms with E-state index in [4.69, 9.17) is 16.3 Å². The molecule has 0 atom stereocenters. The molecule has 0 saturated carbocycles. The Morgan fingerprint density at radius 2 is 1.40 bits per heavy atom. The Hall–Kier alpha value is -3.19. The molecule has 0 bridgehead atoms. The summed E-state index contributed by atoms with van der Waals surface area (Å²) in [6.07, 6.45) is 0. The first-order chi connectivity index (χ1) is 14.1. The number of halogens is 1. The standard InChI is InChI=1S/C22H23ClN2O5/c1-22(2,3)16-8-4-15(5-9-16)21(29)25-18(26)13-30-19(27)12-24-20(28)14-6-10-17(23)11-7-14/h4-11H,12-13H2,1-3H3,(H,24,28)(H,25,26,29). The number of carbonyl (C=O) groups is 4. The highest BCUT2D eigenvalue weighted by molar-refractivity contribution is 6.30. The van der Waals surface area contributed by atoms with Crippen molar-refractivity contribution in [2.45, 2.75) is 26.2 Å². The maximum atomic E-state index is 12.1. The monoisotopic (exact) mass is 430 g/mol. The minimum atomic E-state index is -0.811. The molecule has 0 aliphatic rings. The van der Waals surface area contributed by atoms with E-state index in [1.54, 1.807) is 24.3 Å². The lowest BCUT2D eigenvalue weighted by atomic mass is 9.87. The van der Waals surface area contributed by atoms with Crippen LogP contribution in [-0.2, 0) is 19.7 Å². The predicted octanol–water partition coefficient (Wildman–Crippen LogP) is 2.87. The summed E-state index contributed by atoms with van der Waals surface area (Å²) in [5.74, 6) is -2.65. The van der Waals surface area contributed by atoms with Crippen molar-refractivity contribution < 1.29 is 23.9 Å². The maximum Gasteiger partial charge on any atom is 0.325 e. The summed E-state index contributed by atoms with van der Waals surface area (Å²) in [6, 6.07) is 13.0. The Balaban J connectivity index is 1.75. The summed E-state index contributed by atoms with van der Waals surface area (Å²) >= 11 is 5.75. The molecule has 158 valence electrons. The van der Waals surface area contributed by atoms with Gasteiger partial charge >= 0.3 is 5.97 Å². The fourth-order valence-corrected chi connectivity index (χ4v) is 2.54. The van der Waals surface area contributed by atoms with Crippen LogP contribution < -0.4 is 10.6 Å². The highest BCUT2D eigenvalue weighted by Gasteiger charge is 2.16. The second-order valence-electron chi connectivity index (χ2n) is 7.55. The van der Waals surface area contributed by atoms with Crippen molar-refractivity contribution in [3.63, 3.8) is 0 Å². The second-order valence-corrected chi connectivity index (χ2v) is 7.99. The van der Waals surface area contributed by atoms with Gasteiger partial charge < -0.3 is 10.1 Å². The lowest BCUT2D eigenvalue weighted by Crippen LogP contribution is -2.36. The first-order valence-electron chi connectivity index (χ1n) is 9.20. The number of amides is 3. The zero-order valence-electron chi connectivity index (χ0n) is 17.0. The average Bonchev–Trinajstić information content (AvgIpc) is 2.70. The normalized spacial score (nSPS) is 10.8. The smallest absolute Gasteiger partial charge is 0.325 e. The van der Waals surface area contributed by atoms with Gasteiger partial charge in [0.2, 0.25) is 0 Å². The molecular formula is C22H23ClN2O5. The van der Waals surface area contributed by atoms with Crippen LogP contribution in [0.25, 0.3) is 0 Å². The van der Waals surface area contributed by atoms with Gasteiger partial charge in [0.1, 0.15) is 6.54 Å². The Labute approximate surface area is 179 Å². The second kappa shape index (κ2) is 10.0. The fourth-order valence-electron chi connectivity index (χ4n) is 2.41. The van der Waals surface area contributed by atoms with Crippen LogP contribution in [0.5, 0.6) is 0 Å². The van der Waals surface area contributed by atoms with Gasteiger partial charge in [0.25, 0.3) is 17.7 Å². The van der Waals surface area contributed by atoms with E-state index in [0.29, 0.717) is 16.1 Å². The minimum absolute atomic E-state index is 0.0536. The minimum Gasteiger partial charge on any atom is -0.454 e. The summed E-state index contributed by atoms with van der Waals surface area (Å²) in [4.78, 5) is 47.6. The largest absolute Gasteiger partial charge is 0.454 e. The van der Waals surface area contributed by atoms with Gasteiger partial charge in [-0.25, -0.2) is 0 Å². The molecule has 0 unspecified atom stereocenters. The van der Waals surface area contributed by atoms with Crippen LogP contribution in [-0.4, -0.2) is 36.8 Å². The molecule has 2 aromatic carbocycles. The van der Waals surface area contributed by atoms with E-state index in [2.05, 4.69) is 31.4 Å². The summed E-state index contributed by atoms with van der Waals surface area (Å²) in [7, 11) is 0. The first kappa shape index (κ1) is 23.1. The van der Waals surface area contributed by atoms with E-state index in [0.717, 1.165) is 5.56 Å². The topological polar surface area (TPSA) is 102 Å². The summed E-state index contributed by atoms with van der Waals surface area (Å²) in [5, 5.41) is 5.00. The van der Waals surface area contributed by atoms with Crippen molar-refractivity contribution in [3.8, 4) is 0 Å². The Bertz CT molecular complexity index is 931. The molecule has 7 nitrogen and oxygen atoms in total. The van der Waals surface area contributed by atoms with Crippen LogP contribution in [0.4, 0.5) is 0 Å². The van der Waals surface area contributed by atoms with E-state index >= 15 is 0 Å². The van der Waals surface area contributed by atoms with Gasteiger partial charge in [0, 0.05) is 16.1 Å². The van der Waals surface area contributed by atoms with E-state index in [9.17, 15) is 19.2 Å². The lowest BCUT2D eigenvalue weighted by Gasteiger charge is -2.19. The van der Waals surface area contributed by atoms with Crippen molar-refractivity contribution >= 4 is 35.3 Å². The van der Waals surface area contributed by atoms with Crippen molar-refractivity contribution in [3.05, 3.63) is 70.2 Å². The van der Waals surface area contributed by atoms with Crippen LogP contribution in [0.2, 0.25) is 5.02 Å². The molecule has 8 heteroatoms. The highest BCUT2D eigenvalue weighted by Crippen LogP contribution is 2.22. The van der Waals surface area contributed by atoms with Crippen LogP contribution in [0, 0.1) is 0 Å². The zero-order chi connectivity index (χ0) is 22.3. The van der Waals surface area contributed by atoms with Gasteiger partial charge in [0.15, 0.2) is 6.61 Å². The predicted molar refractivity (Wildman–Crippen MR) is 112 cm³/mol. The van der Waals surface area contributed by atoms with Crippen LogP contribution in [0.1, 0.15) is 47.1 Å². The van der Waals surface area contributed by atoms with Crippen molar-refractivity contribution in [1.29, 1.82) is 0 Å². The third-order valence-corrected chi connectivity index (χ3v) is 4.38. The maximum absolute atomic E-state index is 12.1. The number of esters is 1. The molecule has 0 aromatic heterocycles. The molecule has 30 heavy (non-hydrogen) atoms. The molecule has 0 saturated heterocycles. The molecule has 0 radical (unpaired) electrons. The van der Waals surface area contributed by atoms with Gasteiger partial charge in [-0.1, -0.05) is 44.5 Å². The van der Waals surface area contributed by atoms with Crippen molar-refractivity contribution in [2.24, 2.45) is 0 Å². The Kier molecular flexibility index (Phi) is 7.72. The van der Waals surface area contributed by atoms with Gasteiger partial charge in [-0.15, -0.1) is 0 Å². The molecule has 0 spiro atoms. The number of rotatable bonds is 6. The van der Waals surface area contributed by atoms with Crippen molar-refractivity contribution in [2.75, 3.05) is 13.2 Å². The molecule has 0 fully saturated rings. The number of imide groups is 1. The number of nitrogens with one attached hydrogen (secondary N) is 2. The number of benzene rings is 2. The fraction of sp³-hybridized carbons (Fsp3) is 0.273. The summed E-state index contributed by atoms with van der Waals surface area (Å²) in [5.41, 5.74) is 1.65. The molecule has 2 N–H and O–H groups in total. The Morgan fingerprint density at radius 1 is 0.867 bits per heavy atom. The van der Waals surface area contributed by atoms with Gasteiger partial charge in [0.05, 0.1) is 0 Å². The lowest BCUT2D eigenvalue weighted by molar-refractivity contribution is -0.147. The molecule has 2 aromatic rings. The zero-order valence-corrected chi connectivity index (χ0v) is 17.7. The average molecular weight is 431 g/mol. The first-order valence-corrected chi connectivity index (χ1v) is 9.58.